The molecule has 2 N–H and O–H groups in total. The minimum atomic E-state index is 0.176. The first kappa shape index (κ1) is 15.8. The smallest absolute Gasteiger partial charge is 0.223 e. The molecule has 1 unspecified atom stereocenters. The van der Waals surface area contributed by atoms with Gasteiger partial charge in [-0.2, -0.15) is 0 Å². The van der Waals surface area contributed by atoms with Crippen LogP contribution in [0.2, 0.25) is 0 Å². The molecule has 2 fully saturated rings. The zero-order chi connectivity index (χ0) is 14.4. The van der Waals surface area contributed by atoms with Gasteiger partial charge in [0.2, 0.25) is 5.91 Å². The number of carbonyl (C=O) groups excluding carboxylic acids is 1. The van der Waals surface area contributed by atoms with E-state index in [0.717, 1.165) is 51.9 Å². The Morgan fingerprint density at radius 2 is 2.05 bits per heavy atom. The highest BCUT2D eigenvalue weighted by Crippen LogP contribution is 2.42. The highest BCUT2D eigenvalue weighted by atomic mass is 16.5. The highest BCUT2D eigenvalue weighted by Gasteiger charge is 2.38. The third-order valence-electron chi connectivity index (χ3n) is 4.83. The second-order valence-electron chi connectivity index (χ2n) is 6.90. The van der Waals surface area contributed by atoms with Crippen molar-refractivity contribution in [3.63, 3.8) is 0 Å². The maximum atomic E-state index is 12.2. The fourth-order valence-electron chi connectivity index (χ4n) is 3.43. The molecule has 1 aliphatic heterocycles. The lowest BCUT2D eigenvalue weighted by atomic mass is 9.81. The molecule has 1 atom stereocenters. The number of rotatable bonds is 6. The summed E-state index contributed by atoms with van der Waals surface area (Å²) in [7, 11) is 0. The molecule has 1 amide bonds. The van der Waals surface area contributed by atoms with Crippen LogP contribution in [0.15, 0.2) is 0 Å². The first-order valence-corrected chi connectivity index (χ1v) is 8.19. The summed E-state index contributed by atoms with van der Waals surface area (Å²) in [5.41, 5.74) is 0.176. The van der Waals surface area contributed by atoms with Crippen molar-refractivity contribution in [2.45, 2.75) is 58.5 Å². The standard InChI is InChI=1S/C16H30N2O2/c1-16(2)8-3-5-14(16)15(19)18-9-4-12-20-13-6-10-17-11-7-13/h13-14,17H,3-12H2,1-2H3,(H,18,19). The summed E-state index contributed by atoms with van der Waals surface area (Å²) in [5, 5.41) is 6.42. The Bertz CT molecular complexity index is 312. The molecule has 0 aromatic rings. The summed E-state index contributed by atoms with van der Waals surface area (Å²) in [5.74, 6) is 0.446. The van der Waals surface area contributed by atoms with Crippen molar-refractivity contribution >= 4 is 5.91 Å². The second-order valence-corrected chi connectivity index (χ2v) is 6.90. The normalized spacial score (nSPS) is 26.6. The first-order valence-electron chi connectivity index (χ1n) is 8.19. The Hall–Kier alpha value is -0.610. The molecule has 0 spiro atoms. The van der Waals surface area contributed by atoms with E-state index in [4.69, 9.17) is 4.74 Å². The molecule has 0 radical (unpaired) electrons. The van der Waals surface area contributed by atoms with E-state index >= 15 is 0 Å². The van der Waals surface area contributed by atoms with Crippen molar-refractivity contribution in [2.24, 2.45) is 11.3 Å². The van der Waals surface area contributed by atoms with Gasteiger partial charge in [0, 0.05) is 19.1 Å². The van der Waals surface area contributed by atoms with Gasteiger partial charge in [0.1, 0.15) is 0 Å². The van der Waals surface area contributed by atoms with Crippen LogP contribution >= 0.6 is 0 Å². The molecule has 20 heavy (non-hydrogen) atoms. The number of amides is 1. The first-order chi connectivity index (χ1) is 9.59. The van der Waals surface area contributed by atoms with Gasteiger partial charge >= 0.3 is 0 Å². The Balaban J connectivity index is 1.55. The minimum Gasteiger partial charge on any atom is -0.378 e. The Kier molecular flexibility index (Phi) is 5.85. The van der Waals surface area contributed by atoms with Crippen molar-refractivity contribution in [3.8, 4) is 0 Å². The molecule has 1 aliphatic carbocycles. The molecule has 1 saturated carbocycles. The molecule has 1 heterocycles. The Morgan fingerprint density at radius 3 is 2.70 bits per heavy atom. The number of carbonyl (C=O) groups is 1. The summed E-state index contributed by atoms with van der Waals surface area (Å²) in [6, 6.07) is 0. The van der Waals surface area contributed by atoms with E-state index in [1.165, 1.54) is 12.8 Å². The number of hydrogen-bond donors (Lipinski definition) is 2. The highest BCUT2D eigenvalue weighted by molar-refractivity contribution is 5.79. The summed E-state index contributed by atoms with van der Waals surface area (Å²) < 4.78 is 5.84. The zero-order valence-electron chi connectivity index (χ0n) is 13.0. The molecule has 0 bridgehead atoms. The number of hydrogen-bond acceptors (Lipinski definition) is 3. The fraction of sp³-hybridized carbons (Fsp3) is 0.938. The van der Waals surface area contributed by atoms with Crippen LogP contribution in [0.5, 0.6) is 0 Å². The average molecular weight is 282 g/mol. The van der Waals surface area contributed by atoms with E-state index in [0.29, 0.717) is 6.10 Å². The molecule has 2 aliphatic rings. The van der Waals surface area contributed by atoms with Crippen molar-refractivity contribution < 1.29 is 9.53 Å². The van der Waals surface area contributed by atoms with Crippen LogP contribution in [-0.4, -0.2) is 38.3 Å². The van der Waals surface area contributed by atoms with Gasteiger partial charge < -0.3 is 15.4 Å². The number of ether oxygens (including phenoxy) is 1. The van der Waals surface area contributed by atoms with Gasteiger partial charge in [0.25, 0.3) is 0 Å². The topological polar surface area (TPSA) is 50.4 Å². The molecule has 2 rings (SSSR count). The maximum absolute atomic E-state index is 12.2. The lowest BCUT2D eigenvalue weighted by Gasteiger charge is -2.26. The maximum Gasteiger partial charge on any atom is 0.223 e. The quantitative estimate of drug-likeness (QED) is 0.733. The molecule has 0 aromatic heterocycles. The van der Waals surface area contributed by atoms with Crippen LogP contribution in [0.3, 0.4) is 0 Å². The Labute approximate surface area is 123 Å². The van der Waals surface area contributed by atoms with Gasteiger partial charge in [-0.1, -0.05) is 20.3 Å². The van der Waals surface area contributed by atoms with Gasteiger partial charge in [0.15, 0.2) is 0 Å². The molecular formula is C16H30N2O2. The molecule has 1 saturated heterocycles. The van der Waals surface area contributed by atoms with Gasteiger partial charge in [-0.3, -0.25) is 4.79 Å². The predicted molar refractivity (Wildman–Crippen MR) is 80.6 cm³/mol. The van der Waals surface area contributed by atoms with Gasteiger partial charge in [-0.25, -0.2) is 0 Å². The summed E-state index contributed by atoms with van der Waals surface area (Å²) in [6.45, 7) is 8.07. The zero-order valence-corrected chi connectivity index (χ0v) is 13.0. The van der Waals surface area contributed by atoms with Crippen LogP contribution in [0, 0.1) is 11.3 Å². The van der Waals surface area contributed by atoms with E-state index in [9.17, 15) is 4.79 Å². The lowest BCUT2D eigenvalue weighted by Crippen LogP contribution is -2.37. The van der Waals surface area contributed by atoms with Crippen LogP contribution in [0.1, 0.15) is 52.4 Å². The van der Waals surface area contributed by atoms with Crippen molar-refractivity contribution in [1.29, 1.82) is 0 Å². The average Bonchev–Trinajstić information content (AvgIpc) is 2.79. The molecule has 4 heteroatoms. The van der Waals surface area contributed by atoms with Crippen molar-refractivity contribution in [3.05, 3.63) is 0 Å². The molecular weight excluding hydrogens is 252 g/mol. The summed E-state index contributed by atoms with van der Waals surface area (Å²) >= 11 is 0. The van der Waals surface area contributed by atoms with E-state index < -0.39 is 0 Å². The Morgan fingerprint density at radius 1 is 1.30 bits per heavy atom. The SMILES string of the molecule is CC1(C)CCCC1C(=O)NCCCOC1CCNCC1. The van der Waals surface area contributed by atoms with Gasteiger partial charge in [-0.05, 0) is 50.6 Å². The van der Waals surface area contributed by atoms with E-state index in [1.54, 1.807) is 0 Å². The predicted octanol–water partition coefficient (Wildman–Crippen LogP) is 2.09. The van der Waals surface area contributed by atoms with Crippen molar-refractivity contribution in [2.75, 3.05) is 26.2 Å². The third-order valence-corrected chi connectivity index (χ3v) is 4.83. The minimum absolute atomic E-state index is 0.176. The fourth-order valence-corrected chi connectivity index (χ4v) is 3.43. The van der Waals surface area contributed by atoms with E-state index in [-0.39, 0.29) is 17.2 Å². The van der Waals surface area contributed by atoms with Crippen LogP contribution in [-0.2, 0) is 9.53 Å². The summed E-state index contributed by atoms with van der Waals surface area (Å²) in [4.78, 5) is 12.2. The van der Waals surface area contributed by atoms with Crippen LogP contribution in [0.25, 0.3) is 0 Å². The molecule has 0 aromatic carbocycles. The second kappa shape index (κ2) is 7.41. The van der Waals surface area contributed by atoms with E-state index in [1.807, 2.05) is 0 Å². The largest absolute Gasteiger partial charge is 0.378 e. The third kappa shape index (κ3) is 4.45. The number of nitrogens with one attached hydrogen (secondary N) is 2. The van der Waals surface area contributed by atoms with Gasteiger partial charge in [-0.15, -0.1) is 0 Å². The molecule has 116 valence electrons. The van der Waals surface area contributed by atoms with Crippen molar-refractivity contribution in [1.82, 2.24) is 10.6 Å². The monoisotopic (exact) mass is 282 g/mol. The molecule has 4 nitrogen and oxygen atoms in total. The lowest BCUT2D eigenvalue weighted by molar-refractivity contribution is -0.127. The van der Waals surface area contributed by atoms with Crippen LogP contribution in [0.4, 0.5) is 0 Å². The number of piperidine rings is 1. The van der Waals surface area contributed by atoms with Crippen LogP contribution < -0.4 is 10.6 Å². The summed E-state index contributed by atoms with van der Waals surface area (Å²) in [6.07, 6.45) is 6.97. The van der Waals surface area contributed by atoms with E-state index in [2.05, 4.69) is 24.5 Å². The van der Waals surface area contributed by atoms with Gasteiger partial charge in [0.05, 0.1) is 6.10 Å².